The zero-order valence-electron chi connectivity index (χ0n) is 9.96. The minimum Gasteiger partial charge on any atom is -0.232 e. The second-order valence-electron chi connectivity index (χ2n) is 4.80. The minimum absolute atomic E-state index is 0.164. The Labute approximate surface area is 117 Å². The van der Waals surface area contributed by atoms with E-state index in [1.54, 1.807) is 11.3 Å². The van der Waals surface area contributed by atoms with E-state index in [9.17, 15) is 0 Å². The molecule has 1 aromatic heterocycles. The summed E-state index contributed by atoms with van der Waals surface area (Å²) in [6.07, 6.45) is 6.28. The molecule has 0 aromatic carbocycles. The molecule has 0 aliphatic heterocycles. The maximum atomic E-state index is 6.20. The average Bonchev–Trinajstić information content (AvgIpc) is 2.69. The Morgan fingerprint density at radius 2 is 2.18 bits per heavy atom. The molecule has 1 nitrogen and oxygen atoms in total. The Hall–Kier alpha value is -0.210. The van der Waals surface area contributed by atoms with Crippen LogP contribution in [0.5, 0.6) is 0 Å². The van der Waals surface area contributed by atoms with Gasteiger partial charge in [-0.25, -0.2) is 4.99 Å². The van der Waals surface area contributed by atoms with E-state index < -0.39 is 0 Å². The van der Waals surface area contributed by atoms with Gasteiger partial charge in [0.2, 0.25) is 0 Å². The molecule has 0 radical (unpaired) electrons. The number of aliphatic imine (C=N–C) groups is 1. The first-order valence-corrected chi connectivity index (χ1v) is 7.64. The Morgan fingerprint density at radius 1 is 1.47 bits per heavy atom. The van der Waals surface area contributed by atoms with E-state index in [4.69, 9.17) is 23.8 Å². The van der Waals surface area contributed by atoms with Crippen molar-refractivity contribution in [2.24, 2.45) is 4.99 Å². The molecule has 0 saturated heterocycles. The molecule has 0 unspecified atom stereocenters. The molecule has 0 atom stereocenters. The van der Waals surface area contributed by atoms with Crippen molar-refractivity contribution in [3.05, 3.63) is 20.8 Å². The van der Waals surface area contributed by atoms with Gasteiger partial charge in [0.25, 0.3) is 0 Å². The van der Waals surface area contributed by atoms with Crippen LogP contribution >= 0.6 is 35.2 Å². The molecule has 1 aromatic rings. The molecule has 1 saturated carbocycles. The predicted octanol–water partition coefficient (Wildman–Crippen LogP) is 5.01. The van der Waals surface area contributed by atoms with Gasteiger partial charge in [-0.3, -0.25) is 0 Å². The highest BCUT2D eigenvalue weighted by atomic mass is 35.5. The maximum absolute atomic E-state index is 6.20. The predicted molar refractivity (Wildman–Crippen MR) is 78.7 cm³/mol. The summed E-state index contributed by atoms with van der Waals surface area (Å²) in [4.78, 5) is 4.22. The highest BCUT2D eigenvalue weighted by molar-refractivity contribution is 7.78. The normalized spacial score (nSPS) is 18.7. The van der Waals surface area contributed by atoms with Crippen LogP contribution < -0.4 is 0 Å². The molecule has 2 rings (SSSR count). The average molecular weight is 286 g/mol. The van der Waals surface area contributed by atoms with Gasteiger partial charge in [0.05, 0.1) is 16.0 Å². The van der Waals surface area contributed by atoms with Gasteiger partial charge in [-0.15, -0.1) is 11.3 Å². The van der Waals surface area contributed by atoms with Gasteiger partial charge >= 0.3 is 0 Å². The number of thiophene rings is 1. The Kier molecular flexibility index (Phi) is 4.37. The van der Waals surface area contributed by atoms with E-state index in [0.29, 0.717) is 0 Å². The van der Waals surface area contributed by atoms with Crippen molar-refractivity contribution < 1.29 is 0 Å². The number of thiocarbonyl (C=S) groups is 1. The number of hydrogen-bond acceptors (Lipinski definition) is 3. The van der Waals surface area contributed by atoms with Crippen LogP contribution in [-0.4, -0.2) is 11.7 Å². The number of hydrogen-bond donors (Lipinski definition) is 0. The second-order valence-corrected chi connectivity index (χ2v) is 6.46. The van der Waals surface area contributed by atoms with E-state index >= 15 is 0 Å². The molecule has 17 heavy (non-hydrogen) atoms. The highest BCUT2D eigenvalue weighted by Gasteiger charge is 2.36. The molecule has 0 spiro atoms. The van der Waals surface area contributed by atoms with Gasteiger partial charge in [-0.1, -0.05) is 30.9 Å². The lowest BCUT2D eigenvalue weighted by molar-refractivity contribution is 0.301. The van der Waals surface area contributed by atoms with Crippen molar-refractivity contribution in [1.29, 1.82) is 0 Å². The third-order valence-electron chi connectivity index (χ3n) is 3.81. The summed E-state index contributed by atoms with van der Waals surface area (Å²) in [5, 5.41) is 4.72. The minimum atomic E-state index is 0.164. The van der Waals surface area contributed by atoms with Crippen LogP contribution in [0, 0.1) is 6.92 Å². The lowest BCUT2D eigenvalue weighted by Crippen LogP contribution is -2.32. The topological polar surface area (TPSA) is 12.4 Å². The monoisotopic (exact) mass is 285 g/mol. The molecule has 4 heteroatoms. The SMILES string of the molecule is Cc1c(C2(CN=C=S)CCCCC2)csc1Cl. The summed E-state index contributed by atoms with van der Waals surface area (Å²) >= 11 is 12.5. The van der Waals surface area contributed by atoms with Crippen molar-refractivity contribution in [2.45, 2.75) is 44.4 Å². The summed E-state index contributed by atoms with van der Waals surface area (Å²) in [6.45, 7) is 2.88. The van der Waals surface area contributed by atoms with E-state index in [1.165, 1.54) is 43.2 Å². The van der Waals surface area contributed by atoms with Gasteiger partial charge in [0, 0.05) is 5.41 Å². The highest BCUT2D eigenvalue weighted by Crippen LogP contribution is 2.44. The molecule has 92 valence electrons. The number of rotatable bonds is 3. The van der Waals surface area contributed by atoms with Crippen LogP contribution in [0.4, 0.5) is 0 Å². The fourth-order valence-corrected chi connectivity index (χ4v) is 4.08. The third-order valence-corrected chi connectivity index (χ3v) is 5.35. The first-order chi connectivity index (χ1) is 8.19. The van der Waals surface area contributed by atoms with Crippen LogP contribution in [0.1, 0.15) is 43.2 Å². The molecule has 0 amide bonds. The lowest BCUT2D eigenvalue weighted by Gasteiger charge is -2.36. The molecule has 0 bridgehead atoms. The van der Waals surface area contributed by atoms with Crippen LogP contribution in [0.2, 0.25) is 4.34 Å². The van der Waals surface area contributed by atoms with Crippen LogP contribution in [0.25, 0.3) is 0 Å². The Morgan fingerprint density at radius 3 is 2.71 bits per heavy atom. The van der Waals surface area contributed by atoms with Crippen molar-refractivity contribution >= 4 is 40.3 Å². The number of halogens is 1. The van der Waals surface area contributed by atoms with E-state index in [1.807, 2.05) is 0 Å². The van der Waals surface area contributed by atoms with Crippen molar-refractivity contribution in [1.82, 2.24) is 0 Å². The molecule has 1 fully saturated rings. The molecule has 1 aliphatic rings. The quantitative estimate of drug-likeness (QED) is 0.561. The summed E-state index contributed by atoms with van der Waals surface area (Å²) in [6, 6.07) is 0. The van der Waals surface area contributed by atoms with E-state index in [0.717, 1.165) is 10.9 Å². The van der Waals surface area contributed by atoms with Gasteiger partial charge in [-0.05, 0) is 48.5 Å². The summed E-state index contributed by atoms with van der Waals surface area (Å²) in [5.41, 5.74) is 2.79. The summed E-state index contributed by atoms with van der Waals surface area (Å²) < 4.78 is 0.913. The van der Waals surface area contributed by atoms with Gasteiger partial charge in [0.15, 0.2) is 0 Å². The van der Waals surface area contributed by atoms with Crippen molar-refractivity contribution in [2.75, 3.05) is 6.54 Å². The number of nitrogens with zero attached hydrogens (tertiary/aromatic N) is 1. The third kappa shape index (κ3) is 2.63. The molecular formula is C13H16ClNS2. The fourth-order valence-electron chi connectivity index (χ4n) is 2.84. The Bertz CT molecular complexity index is 440. The first kappa shape index (κ1) is 13.2. The van der Waals surface area contributed by atoms with Gasteiger partial charge in [-0.2, -0.15) is 0 Å². The second kappa shape index (κ2) is 5.62. The van der Waals surface area contributed by atoms with Gasteiger partial charge < -0.3 is 0 Å². The summed E-state index contributed by atoms with van der Waals surface area (Å²) in [7, 11) is 0. The van der Waals surface area contributed by atoms with E-state index in [-0.39, 0.29) is 5.41 Å². The number of isothiocyanates is 1. The van der Waals surface area contributed by atoms with Crippen molar-refractivity contribution in [3.63, 3.8) is 0 Å². The van der Waals surface area contributed by atoms with Crippen LogP contribution in [-0.2, 0) is 5.41 Å². The molecule has 1 heterocycles. The van der Waals surface area contributed by atoms with Crippen LogP contribution in [0.15, 0.2) is 10.4 Å². The van der Waals surface area contributed by atoms with Crippen molar-refractivity contribution in [3.8, 4) is 0 Å². The fraction of sp³-hybridized carbons (Fsp3) is 0.615. The Balaban J connectivity index is 2.38. The standard InChI is InChI=1S/C13H16ClNS2/c1-10-11(7-17-12(10)14)13(8-15-9-16)5-3-2-4-6-13/h7H,2-6,8H2,1H3. The molecule has 1 aliphatic carbocycles. The summed E-state index contributed by atoms with van der Waals surface area (Å²) in [5.74, 6) is 0. The smallest absolute Gasteiger partial charge is 0.0960 e. The maximum Gasteiger partial charge on any atom is 0.0960 e. The largest absolute Gasteiger partial charge is 0.232 e. The molecular weight excluding hydrogens is 270 g/mol. The zero-order chi connectivity index (χ0) is 12.3. The lowest BCUT2D eigenvalue weighted by atomic mass is 9.69. The first-order valence-electron chi connectivity index (χ1n) is 5.97. The van der Waals surface area contributed by atoms with Gasteiger partial charge in [0.1, 0.15) is 0 Å². The molecule has 0 N–H and O–H groups in total. The van der Waals surface area contributed by atoms with Crippen LogP contribution in [0.3, 0.4) is 0 Å². The van der Waals surface area contributed by atoms with E-state index in [2.05, 4.69) is 22.5 Å². The zero-order valence-corrected chi connectivity index (χ0v) is 12.4.